The van der Waals surface area contributed by atoms with Gasteiger partial charge in [-0.3, -0.25) is 0 Å². The van der Waals surface area contributed by atoms with Crippen molar-refractivity contribution in [3.63, 3.8) is 0 Å². The number of anilines is 2. The molecule has 0 spiro atoms. The van der Waals surface area contributed by atoms with Crippen LogP contribution in [0.2, 0.25) is 0 Å². The molecule has 0 bridgehead atoms. The van der Waals surface area contributed by atoms with Gasteiger partial charge in [0.1, 0.15) is 29.3 Å². The summed E-state index contributed by atoms with van der Waals surface area (Å²) in [4.78, 5) is 18.2. The first kappa shape index (κ1) is 12.9. The second-order valence-corrected chi connectivity index (χ2v) is 3.80. The molecule has 5 nitrogen and oxygen atoms in total. The Labute approximate surface area is 106 Å². The lowest BCUT2D eigenvalue weighted by Gasteiger charge is -2.09. The Morgan fingerprint density at radius 3 is 2.74 bits per heavy atom. The molecule has 0 amide bonds. The Kier molecular flexibility index (Phi) is 3.37. The molecular weight excluding hydrogens is 256 g/mol. The number of rotatable bonds is 3. The third-order valence-electron chi connectivity index (χ3n) is 2.44. The van der Waals surface area contributed by atoms with E-state index in [9.17, 15) is 13.6 Å². The van der Waals surface area contributed by atoms with E-state index in [1.54, 1.807) is 0 Å². The molecule has 0 fully saturated rings. The molecule has 0 saturated heterocycles. The molecule has 0 aliphatic heterocycles. The second kappa shape index (κ2) is 4.97. The van der Waals surface area contributed by atoms with Crippen LogP contribution in [0, 0.1) is 18.6 Å². The largest absolute Gasteiger partial charge is 0.477 e. The number of hydrogen-bond acceptors (Lipinski definition) is 4. The summed E-state index contributed by atoms with van der Waals surface area (Å²) in [6.45, 7) is 1.43. The van der Waals surface area contributed by atoms with Crippen LogP contribution in [0.1, 0.15) is 15.9 Å². The Hall–Kier alpha value is -2.57. The fourth-order valence-electron chi connectivity index (χ4n) is 1.46. The van der Waals surface area contributed by atoms with Gasteiger partial charge in [0.05, 0.1) is 5.69 Å². The number of hydrogen-bond donors (Lipinski definition) is 2. The summed E-state index contributed by atoms with van der Waals surface area (Å²) in [5.74, 6) is -2.68. The van der Waals surface area contributed by atoms with Crippen molar-refractivity contribution in [3.8, 4) is 0 Å². The molecule has 19 heavy (non-hydrogen) atoms. The molecule has 0 atom stereocenters. The van der Waals surface area contributed by atoms with Crippen molar-refractivity contribution in [3.05, 3.63) is 47.4 Å². The first-order chi connectivity index (χ1) is 8.99. The predicted molar refractivity (Wildman–Crippen MR) is 63.4 cm³/mol. The highest BCUT2D eigenvalue weighted by atomic mass is 19.1. The van der Waals surface area contributed by atoms with Gasteiger partial charge in [0, 0.05) is 12.3 Å². The van der Waals surface area contributed by atoms with Crippen molar-refractivity contribution in [2.45, 2.75) is 6.92 Å². The topological polar surface area (TPSA) is 75.1 Å². The molecule has 7 heteroatoms. The molecule has 1 aromatic heterocycles. The monoisotopic (exact) mass is 265 g/mol. The van der Waals surface area contributed by atoms with E-state index in [2.05, 4.69) is 15.3 Å². The van der Waals surface area contributed by atoms with Gasteiger partial charge in [0.25, 0.3) is 0 Å². The van der Waals surface area contributed by atoms with Crippen LogP contribution in [-0.4, -0.2) is 21.0 Å². The quantitative estimate of drug-likeness (QED) is 0.891. The lowest BCUT2D eigenvalue weighted by Crippen LogP contribution is -2.06. The summed E-state index contributed by atoms with van der Waals surface area (Å²) in [6, 6.07) is 1.96. The number of aromatic carboxylic acids is 1. The fourth-order valence-corrected chi connectivity index (χ4v) is 1.46. The predicted octanol–water partition coefficient (Wildman–Crippen LogP) is 2.51. The van der Waals surface area contributed by atoms with Crippen LogP contribution >= 0.6 is 0 Å². The molecule has 0 aliphatic carbocycles. The van der Waals surface area contributed by atoms with Crippen LogP contribution in [0.5, 0.6) is 0 Å². The minimum absolute atomic E-state index is 0.107. The van der Waals surface area contributed by atoms with Crippen LogP contribution in [0.3, 0.4) is 0 Å². The summed E-state index contributed by atoms with van der Waals surface area (Å²) in [5, 5.41) is 11.4. The molecule has 2 N–H and O–H groups in total. The highest BCUT2D eigenvalue weighted by Gasteiger charge is 2.14. The number of nitrogens with one attached hydrogen (secondary N) is 1. The summed E-state index contributed by atoms with van der Waals surface area (Å²) >= 11 is 0. The number of halogens is 2. The van der Waals surface area contributed by atoms with Crippen molar-refractivity contribution in [2.75, 3.05) is 5.32 Å². The zero-order valence-corrected chi connectivity index (χ0v) is 9.82. The van der Waals surface area contributed by atoms with Crippen molar-refractivity contribution in [1.29, 1.82) is 0 Å². The standard InChI is InChI=1S/C12H9F2N3O2/c1-6-2-9(14)10(3-8(6)13)17-11-7(12(18)19)4-15-5-16-11/h2-5H,1H3,(H,18,19)(H,15,16,17). The third-order valence-corrected chi connectivity index (χ3v) is 2.44. The van der Waals surface area contributed by atoms with E-state index in [0.29, 0.717) is 0 Å². The van der Waals surface area contributed by atoms with Crippen LogP contribution in [0.15, 0.2) is 24.7 Å². The third kappa shape index (κ3) is 2.65. The first-order valence-electron chi connectivity index (χ1n) is 5.25. The molecular formula is C12H9F2N3O2. The summed E-state index contributed by atoms with van der Waals surface area (Å²) in [6.07, 6.45) is 2.18. The van der Waals surface area contributed by atoms with Crippen molar-refractivity contribution >= 4 is 17.5 Å². The lowest BCUT2D eigenvalue weighted by molar-refractivity contribution is 0.0697. The Bertz CT molecular complexity index is 647. The van der Waals surface area contributed by atoms with Gasteiger partial charge in [-0.1, -0.05) is 0 Å². The number of nitrogens with zero attached hydrogens (tertiary/aromatic N) is 2. The molecule has 98 valence electrons. The van der Waals surface area contributed by atoms with Gasteiger partial charge in [-0.05, 0) is 18.6 Å². The molecule has 0 unspecified atom stereocenters. The summed E-state index contributed by atoms with van der Waals surface area (Å²) in [7, 11) is 0. The molecule has 2 rings (SSSR count). The van der Waals surface area contributed by atoms with Gasteiger partial charge in [-0.25, -0.2) is 23.5 Å². The Morgan fingerprint density at radius 2 is 2.05 bits per heavy atom. The molecule has 2 aromatic rings. The van der Waals surface area contributed by atoms with Crippen LogP contribution < -0.4 is 5.32 Å². The second-order valence-electron chi connectivity index (χ2n) is 3.80. The maximum Gasteiger partial charge on any atom is 0.341 e. The average Bonchev–Trinajstić information content (AvgIpc) is 2.36. The maximum absolute atomic E-state index is 13.6. The van der Waals surface area contributed by atoms with Gasteiger partial charge in [0.2, 0.25) is 0 Å². The van der Waals surface area contributed by atoms with Gasteiger partial charge in [0.15, 0.2) is 0 Å². The van der Waals surface area contributed by atoms with Crippen molar-refractivity contribution in [1.82, 2.24) is 9.97 Å². The van der Waals surface area contributed by atoms with Gasteiger partial charge in [-0.2, -0.15) is 0 Å². The Balaban J connectivity index is 2.42. The Morgan fingerprint density at radius 1 is 1.32 bits per heavy atom. The average molecular weight is 265 g/mol. The number of benzene rings is 1. The van der Waals surface area contributed by atoms with E-state index in [0.717, 1.165) is 24.7 Å². The number of carboxylic acids is 1. The van der Waals surface area contributed by atoms with E-state index in [1.165, 1.54) is 6.92 Å². The zero-order valence-electron chi connectivity index (χ0n) is 9.82. The highest BCUT2D eigenvalue weighted by Crippen LogP contribution is 2.23. The van der Waals surface area contributed by atoms with Crippen LogP contribution in [-0.2, 0) is 0 Å². The molecule has 0 aliphatic rings. The van der Waals surface area contributed by atoms with E-state index in [-0.39, 0.29) is 22.6 Å². The molecule has 1 heterocycles. The van der Waals surface area contributed by atoms with Crippen LogP contribution in [0.4, 0.5) is 20.3 Å². The molecule has 1 aromatic carbocycles. The van der Waals surface area contributed by atoms with Gasteiger partial charge >= 0.3 is 5.97 Å². The smallest absolute Gasteiger partial charge is 0.341 e. The lowest BCUT2D eigenvalue weighted by atomic mass is 10.2. The maximum atomic E-state index is 13.6. The van der Waals surface area contributed by atoms with E-state index < -0.39 is 17.6 Å². The van der Waals surface area contributed by atoms with Gasteiger partial charge in [-0.15, -0.1) is 0 Å². The molecule has 0 radical (unpaired) electrons. The van der Waals surface area contributed by atoms with Crippen molar-refractivity contribution in [2.24, 2.45) is 0 Å². The van der Waals surface area contributed by atoms with Crippen molar-refractivity contribution < 1.29 is 18.7 Å². The minimum Gasteiger partial charge on any atom is -0.477 e. The van der Waals surface area contributed by atoms with E-state index in [1.807, 2.05) is 0 Å². The minimum atomic E-state index is -1.27. The summed E-state index contributed by atoms with van der Waals surface area (Å²) < 4.78 is 27.0. The van der Waals surface area contributed by atoms with Crippen LogP contribution in [0.25, 0.3) is 0 Å². The molecule has 0 saturated carbocycles. The van der Waals surface area contributed by atoms with E-state index >= 15 is 0 Å². The van der Waals surface area contributed by atoms with E-state index in [4.69, 9.17) is 5.11 Å². The summed E-state index contributed by atoms with van der Waals surface area (Å²) in [5.41, 5.74) is -0.267. The first-order valence-corrected chi connectivity index (χ1v) is 5.25. The van der Waals surface area contributed by atoms with Gasteiger partial charge < -0.3 is 10.4 Å². The number of carboxylic acid groups (broad SMARTS) is 1. The number of aryl methyl sites for hydroxylation is 1. The number of carbonyl (C=O) groups is 1. The SMILES string of the molecule is Cc1cc(F)c(Nc2ncncc2C(=O)O)cc1F. The normalized spacial score (nSPS) is 10.3. The highest BCUT2D eigenvalue weighted by molar-refractivity contribution is 5.93. The fraction of sp³-hybridized carbons (Fsp3) is 0.0833. The number of aromatic nitrogens is 2. The zero-order chi connectivity index (χ0) is 14.0.